The van der Waals surface area contributed by atoms with Crippen molar-refractivity contribution in [2.24, 2.45) is 0 Å². The Kier molecular flexibility index (Phi) is 3.55. The van der Waals surface area contributed by atoms with Crippen LogP contribution in [0.4, 0.5) is 0 Å². The van der Waals surface area contributed by atoms with Crippen molar-refractivity contribution >= 4 is 11.7 Å². The molecule has 0 aliphatic carbocycles. The Bertz CT molecular complexity index is 267. The molecule has 0 heterocycles. The van der Waals surface area contributed by atoms with Gasteiger partial charge in [-0.2, -0.15) is 0 Å². The van der Waals surface area contributed by atoms with Crippen LogP contribution >= 0.6 is 0 Å². The van der Waals surface area contributed by atoms with Crippen LogP contribution in [-0.4, -0.2) is 4.75 Å². The third-order valence-electron chi connectivity index (χ3n) is 2.08. The zero-order valence-electron chi connectivity index (χ0n) is 8.12. The molecule has 2 heteroatoms. The summed E-state index contributed by atoms with van der Waals surface area (Å²) in [7, 11) is 0. The molecule has 0 aliphatic heterocycles. The van der Waals surface area contributed by atoms with Crippen molar-refractivity contribution in [3.05, 3.63) is 35.9 Å². The van der Waals surface area contributed by atoms with Crippen LogP contribution in [0.3, 0.4) is 0 Å². The first-order valence-corrected chi connectivity index (χ1v) is 5.23. The van der Waals surface area contributed by atoms with E-state index < -0.39 is 0 Å². The highest BCUT2D eigenvalue weighted by Gasteiger charge is 2.31. The first-order chi connectivity index (χ1) is 6.14. The number of hydrogen-bond donors (Lipinski definition) is 0. The predicted molar refractivity (Wildman–Crippen MR) is 56.9 cm³/mol. The van der Waals surface area contributed by atoms with Gasteiger partial charge >= 0.3 is 11.7 Å². The van der Waals surface area contributed by atoms with Gasteiger partial charge < -0.3 is 0 Å². The van der Waals surface area contributed by atoms with Gasteiger partial charge in [-0.3, -0.25) is 0 Å². The molecule has 0 bridgehead atoms. The van der Waals surface area contributed by atoms with E-state index in [1.807, 2.05) is 32.0 Å². The van der Waals surface area contributed by atoms with Crippen LogP contribution in [0.15, 0.2) is 30.3 Å². The topological polar surface area (TPSA) is 17.1 Å². The Morgan fingerprint density at radius 1 is 1.23 bits per heavy atom. The molecule has 0 saturated carbocycles. The molecular formula is C11H15OS+. The van der Waals surface area contributed by atoms with Gasteiger partial charge in [-0.05, 0) is 25.8 Å². The highest BCUT2D eigenvalue weighted by molar-refractivity contribution is 7.67. The van der Waals surface area contributed by atoms with Crippen molar-refractivity contribution in [3.8, 4) is 0 Å². The molecular weight excluding hydrogens is 180 g/mol. The average molecular weight is 195 g/mol. The Balaban J connectivity index is 2.48. The van der Waals surface area contributed by atoms with Crippen LogP contribution in [0.25, 0.3) is 0 Å². The second-order valence-corrected chi connectivity index (χ2v) is 5.10. The van der Waals surface area contributed by atoms with Gasteiger partial charge in [-0.15, -0.1) is 0 Å². The van der Waals surface area contributed by atoms with E-state index in [4.69, 9.17) is 0 Å². The maximum atomic E-state index is 10.7. The van der Waals surface area contributed by atoms with Crippen molar-refractivity contribution in [2.75, 3.05) is 0 Å². The van der Waals surface area contributed by atoms with Gasteiger partial charge in [0.15, 0.2) is 0 Å². The van der Waals surface area contributed by atoms with Gasteiger partial charge in [0.1, 0.15) is 0 Å². The molecule has 13 heavy (non-hydrogen) atoms. The van der Waals surface area contributed by atoms with Gasteiger partial charge in [-0.25, -0.2) is 0 Å². The SMILES string of the molecule is CC(C)(CCc1ccccc1)[S+]=O. The standard InChI is InChI=1S/C11H15OS/c1-11(2,13-12)9-8-10-6-4-3-5-7-10/h3-7H,8-9H2,1-2H3/q+1. The van der Waals surface area contributed by atoms with Crippen molar-refractivity contribution in [3.63, 3.8) is 0 Å². The third-order valence-corrected chi connectivity index (χ3v) is 2.74. The van der Waals surface area contributed by atoms with Gasteiger partial charge in [0.05, 0.1) is 0 Å². The fourth-order valence-corrected chi connectivity index (χ4v) is 1.32. The summed E-state index contributed by atoms with van der Waals surface area (Å²) in [6.07, 6.45) is 1.92. The Morgan fingerprint density at radius 3 is 2.38 bits per heavy atom. The summed E-state index contributed by atoms with van der Waals surface area (Å²) < 4.78 is 10.5. The molecule has 0 radical (unpaired) electrons. The molecule has 0 saturated heterocycles. The summed E-state index contributed by atoms with van der Waals surface area (Å²) in [5, 5.41) is 0. The summed E-state index contributed by atoms with van der Waals surface area (Å²) in [4.78, 5) is 0. The molecule has 1 rings (SSSR count). The quantitative estimate of drug-likeness (QED) is 0.675. The number of aryl methyl sites for hydroxylation is 1. The van der Waals surface area contributed by atoms with Crippen LogP contribution < -0.4 is 0 Å². The zero-order valence-corrected chi connectivity index (χ0v) is 8.93. The van der Waals surface area contributed by atoms with Crippen LogP contribution in [0.2, 0.25) is 0 Å². The molecule has 0 N–H and O–H groups in total. The molecule has 1 aromatic carbocycles. The molecule has 0 spiro atoms. The third kappa shape index (κ3) is 3.64. The lowest BCUT2D eigenvalue weighted by Crippen LogP contribution is -2.18. The van der Waals surface area contributed by atoms with Crippen LogP contribution in [0.5, 0.6) is 0 Å². The molecule has 0 aromatic heterocycles. The fraction of sp³-hybridized carbons (Fsp3) is 0.455. The van der Waals surface area contributed by atoms with Crippen LogP contribution in [-0.2, 0) is 22.3 Å². The minimum atomic E-state index is -0.143. The summed E-state index contributed by atoms with van der Waals surface area (Å²) in [5.41, 5.74) is 1.31. The molecule has 0 atom stereocenters. The van der Waals surface area contributed by atoms with Gasteiger partial charge in [0, 0.05) is 10.6 Å². The van der Waals surface area contributed by atoms with E-state index >= 15 is 0 Å². The lowest BCUT2D eigenvalue weighted by atomic mass is 10.0. The second-order valence-electron chi connectivity index (χ2n) is 3.83. The first-order valence-electron chi connectivity index (χ1n) is 4.49. The van der Waals surface area contributed by atoms with E-state index in [0.717, 1.165) is 12.8 Å². The second kappa shape index (κ2) is 4.47. The van der Waals surface area contributed by atoms with Gasteiger partial charge in [0.2, 0.25) is 4.75 Å². The van der Waals surface area contributed by atoms with Gasteiger partial charge in [0.25, 0.3) is 0 Å². The van der Waals surface area contributed by atoms with Crippen LogP contribution in [0, 0.1) is 0 Å². The van der Waals surface area contributed by atoms with E-state index in [0.29, 0.717) is 11.7 Å². The molecule has 0 unspecified atom stereocenters. The Labute approximate surface area is 83.7 Å². The Hall–Kier alpha value is -0.760. The Morgan fingerprint density at radius 2 is 1.85 bits per heavy atom. The van der Waals surface area contributed by atoms with E-state index in [1.165, 1.54) is 5.56 Å². The van der Waals surface area contributed by atoms with E-state index in [-0.39, 0.29) is 4.75 Å². The highest BCUT2D eigenvalue weighted by atomic mass is 32.1. The zero-order chi connectivity index (χ0) is 9.73. The fourth-order valence-electron chi connectivity index (χ4n) is 1.13. The maximum absolute atomic E-state index is 10.7. The summed E-state index contributed by atoms with van der Waals surface area (Å²) >= 11 is 0.696. The normalized spacial score (nSPS) is 11.2. The van der Waals surface area contributed by atoms with Crippen LogP contribution in [0.1, 0.15) is 25.8 Å². The summed E-state index contributed by atoms with van der Waals surface area (Å²) in [6.45, 7) is 3.99. The lowest BCUT2D eigenvalue weighted by molar-refractivity contribution is 0.562. The van der Waals surface area contributed by atoms with Gasteiger partial charge in [-0.1, -0.05) is 30.3 Å². The predicted octanol–water partition coefficient (Wildman–Crippen LogP) is 2.83. The van der Waals surface area contributed by atoms with Crippen molar-refractivity contribution in [2.45, 2.75) is 31.4 Å². The molecule has 0 fully saturated rings. The largest absolute Gasteiger partial charge is 0.464 e. The molecule has 0 amide bonds. The average Bonchev–Trinajstić information content (AvgIpc) is 2.17. The highest BCUT2D eigenvalue weighted by Crippen LogP contribution is 2.15. The van der Waals surface area contributed by atoms with E-state index in [9.17, 15) is 4.21 Å². The lowest BCUT2D eigenvalue weighted by Gasteiger charge is -2.04. The summed E-state index contributed by atoms with van der Waals surface area (Å²) in [5.74, 6) is 0. The smallest absolute Gasteiger partial charge is 0.0622 e. The number of hydrogen-bond acceptors (Lipinski definition) is 1. The number of rotatable bonds is 4. The maximum Gasteiger partial charge on any atom is 0.464 e. The first kappa shape index (κ1) is 10.3. The minimum absolute atomic E-state index is 0.143. The molecule has 1 nitrogen and oxygen atoms in total. The minimum Gasteiger partial charge on any atom is -0.0622 e. The van der Waals surface area contributed by atoms with Crippen molar-refractivity contribution < 1.29 is 4.21 Å². The van der Waals surface area contributed by atoms with E-state index in [2.05, 4.69) is 12.1 Å². The van der Waals surface area contributed by atoms with Crippen molar-refractivity contribution in [1.82, 2.24) is 0 Å². The molecule has 70 valence electrons. The molecule has 0 aliphatic rings. The molecule has 1 aromatic rings. The van der Waals surface area contributed by atoms with E-state index in [1.54, 1.807) is 0 Å². The van der Waals surface area contributed by atoms with Crippen molar-refractivity contribution in [1.29, 1.82) is 0 Å². The summed E-state index contributed by atoms with van der Waals surface area (Å²) in [6, 6.07) is 10.3. The number of benzene rings is 1. The monoisotopic (exact) mass is 195 g/mol.